The van der Waals surface area contributed by atoms with E-state index >= 15 is 0 Å². The Hall–Kier alpha value is -1.63. The first kappa shape index (κ1) is 20.6. The summed E-state index contributed by atoms with van der Waals surface area (Å²) in [5.41, 5.74) is 4.00. The summed E-state index contributed by atoms with van der Waals surface area (Å²) in [4.78, 5) is 26.5. The van der Waals surface area contributed by atoms with Crippen molar-refractivity contribution in [3.63, 3.8) is 0 Å². The van der Waals surface area contributed by atoms with E-state index in [1.54, 1.807) is 0 Å². The number of ether oxygens (including phenoxy) is 1. The van der Waals surface area contributed by atoms with Gasteiger partial charge in [0, 0.05) is 32.9 Å². The van der Waals surface area contributed by atoms with Crippen LogP contribution in [0.2, 0.25) is 0 Å². The van der Waals surface area contributed by atoms with E-state index in [0.717, 1.165) is 58.2 Å². The van der Waals surface area contributed by atoms with Crippen molar-refractivity contribution in [1.29, 1.82) is 0 Å². The quantitative estimate of drug-likeness (QED) is 0.443. The van der Waals surface area contributed by atoms with Crippen LogP contribution in [0.15, 0.2) is 46.8 Å². The highest BCUT2D eigenvalue weighted by Crippen LogP contribution is 2.47. The third-order valence-electron chi connectivity index (χ3n) is 6.22. The summed E-state index contributed by atoms with van der Waals surface area (Å²) >= 11 is 2.28. The van der Waals surface area contributed by atoms with Crippen molar-refractivity contribution in [2.45, 2.75) is 71.3 Å². The summed E-state index contributed by atoms with van der Waals surface area (Å²) in [5, 5.41) is 3.41. The molecule has 1 aromatic rings. The van der Waals surface area contributed by atoms with Crippen molar-refractivity contribution in [2.75, 3.05) is 0 Å². The molecule has 0 saturated heterocycles. The molecule has 1 atom stereocenters. The molecule has 0 spiro atoms. The molecule has 1 aliphatic heterocycles. The number of esters is 1. The largest absolute Gasteiger partial charge is 0.459 e. The maximum Gasteiger partial charge on any atom is 0.337 e. The average molecular weight is 505 g/mol. The lowest BCUT2D eigenvalue weighted by atomic mass is 9.68. The Morgan fingerprint density at radius 1 is 1.21 bits per heavy atom. The monoisotopic (exact) mass is 505 g/mol. The standard InChI is InChI=1S/C24H28INO3/c1-14-20(23(28)29-17-9-4-5-10-17)21(15-7-6-8-16(25)11-15)22-18(26-14)12-24(2,3)13-19(22)27/h6-8,11,17,21,26H,4-5,9-10,12-13H2,1-3H3. The molecule has 3 aliphatic rings. The molecule has 1 aromatic carbocycles. The van der Waals surface area contributed by atoms with Gasteiger partial charge in [0.05, 0.1) is 5.57 Å². The molecule has 0 radical (unpaired) electrons. The van der Waals surface area contributed by atoms with Gasteiger partial charge in [-0.1, -0.05) is 26.0 Å². The molecular formula is C24H28INO3. The fourth-order valence-electron chi connectivity index (χ4n) is 4.95. The van der Waals surface area contributed by atoms with Gasteiger partial charge < -0.3 is 10.1 Å². The van der Waals surface area contributed by atoms with Crippen molar-refractivity contribution in [3.05, 3.63) is 55.9 Å². The molecule has 4 nitrogen and oxygen atoms in total. The highest BCUT2D eigenvalue weighted by atomic mass is 127. The van der Waals surface area contributed by atoms with Crippen molar-refractivity contribution in [3.8, 4) is 0 Å². The Morgan fingerprint density at radius 2 is 1.93 bits per heavy atom. The SMILES string of the molecule is CC1=C(C(=O)OC2CCCC2)C(c2cccc(I)c2)C2=C(CC(C)(C)CC2=O)N1. The number of dihydropyridines is 1. The molecule has 1 N–H and O–H groups in total. The second-order valence-corrected chi connectivity index (χ2v) is 10.5. The van der Waals surface area contributed by atoms with Gasteiger partial charge in [0.15, 0.2) is 5.78 Å². The first-order chi connectivity index (χ1) is 13.7. The Morgan fingerprint density at radius 3 is 2.62 bits per heavy atom. The molecular weight excluding hydrogens is 477 g/mol. The Labute approximate surface area is 186 Å². The predicted molar refractivity (Wildman–Crippen MR) is 121 cm³/mol. The Bertz CT molecular complexity index is 922. The van der Waals surface area contributed by atoms with Gasteiger partial charge in [-0.15, -0.1) is 0 Å². The van der Waals surface area contributed by atoms with Gasteiger partial charge in [0.2, 0.25) is 0 Å². The minimum absolute atomic E-state index is 0.00396. The number of Topliss-reactive ketones (excluding diaryl/α,β-unsaturated/α-hetero) is 1. The Balaban J connectivity index is 1.79. The first-order valence-electron chi connectivity index (χ1n) is 10.5. The summed E-state index contributed by atoms with van der Waals surface area (Å²) in [7, 11) is 0. The molecule has 1 heterocycles. The van der Waals surface area contributed by atoms with Crippen LogP contribution >= 0.6 is 22.6 Å². The smallest absolute Gasteiger partial charge is 0.337 e. The van der Waals surface area contributed by atoms with Gasteiger partial charge in [0.25, 0.3) is 0 Å². The molecule has 2 aliphatic carbocycles. The van der Waals surface area contributed by atoms with Crippen LogP contribution in [-0.4, -0.2) is 17.9 Å². The van der Waals surface area contributed by atoms with E-state index in [1.807, 2.05) is 25.1 Å². The summed E-state index contributed by atoms with van der Waals surface area (Å²) < 4.78 is 6.97. The number of halogens is 1. The fourth-order valence-corrected chi connectivity index (χ4v) is 5.51. The summed E-state index contributed by atoms with van der Waals surface area (Å²) in [6, 6.07) is 8.11. The minimum atomic E-state index is -0.363. The van der Waals surface area contributed by atoms with Crippen LogP contribution < -0.4 is 5.32 Å². The molecule has 0 bridgehead atoms. The van der Waals surface area contributed by atoms with Crippen LogP contribution in [0.5, 0.6) is 0 Å². The number of allylic oxidation sites excluding steroid dienone is 3. The second kappa shape index (κ2) is 7.89. The lowest BCUT2D eigenvalue weighted by Gasteiger charge is -2.39. The van der Waals surface area contributed by atoms with Crippen molar-refractivity contribution in [1.82, 2.24) is 5.32 Å². The van der Waals surface area contributed by atoms with Crippen LogP contribution in [-0.2, 0) is 14.3 Å². The second-order valence-electron chi connectivity index (χ2n) is 9.30. The van der Waals surface area contributed by atoms with Crippen LogP contribution in [0.3, 0.4) is 0 Å². The van der Waals surface area contributed by atoms with Crippen LogP contribution in [0.25, 0.3) is 0 Å². The zero-order valence-electron chi connectivity index (χ0n) is 17.3. The van der Waals surface area contributed by atoms with Crippen molar-refractivity contribution < 1.29 is 14.3 Å². The number of hydrogen-bond acceptors (Lipinski definition) is 4. The lowest BCUT2D eigenvalue weighted by molar-refractivity contribution is -0.144. The fraction of sp³-hybridized carbons (Fsp3) is 0.500. The number of rotatable bonds is 3. The highest BCUT2D eigenvalue weighted by molar-refractivity contribution is 14.1. The third-order valence-corrected chi connectivity index (χ3v) is 6.89. The molecule has 0 amide bonds. The van der Waals surface area contributed by atoms with E-state index in [9.17, 15) is 9.59 Å². The number of nitrogens with one attached hydrogen (secondary N) is 1. The van der Waals surface area contributed by atoms with Gasteiger partial charge in [-0.2, -0.15) is 0 Å². The van der Waals surface area contributed by atoms with E-state index in [2.05, 4.69) is 47.8 Å². The maximum absolute atomic E-state index is 13.3. The van der Waals surface area contributed by atoms with Gasteiger partial charge in [-0.25, -0.2) is 4.79 Å². The van der Waals surface area contributed by atoms with Crippen LogP contribution in [0.1, 0.15) is 70.8 Å². The predicted octanol–water partition coefficient (Wildman–Crippen LogP) is 5.38. The minimum Gasteiger partial charge on any atom is -0.459 e. The summed E-state index contributed by atoms with van der Waals surface area (Å²) in [6.07, 6.45) is 5.38. The summed E-state index contributed by atoms with van der Waals surface area (Å²) in [5.74, 6) is -0.514. The average Bonchev–Trinajstić information content (AvgIpc) is 3.12. The van der Waals surface area contributed by atoms with Crippen LogP contribution in [0, 0.1) is 8.99 Å². The normalized spacial score (nSPS) is 24.4. The van der Waals surface area contributed by atoms with Crippen LogP contribution in [0.4, 0.5) is 0 Å². The highest BCUT2D eigenvalue weighted by Gasteiger charge is 2.43. The Kier molecular flexibility index (Phi) is 5.62. The maximum atomic E-state index is 13.3. The van der Waals surface area contributed by atoms with Gasteiger partial charge in [0.1, 0.15) is 6.10 Å². The zero-order chi connectivity index (χ0) is 20.8. The van der Waals surface area contributed by atoms with E-state index < -0.39 is 0 Å². The molecule has 29 heavy (non-hydrogen) atoms. The molecule has 1 unspecified atom stereocenters. The number of hydrogen-bond donors (Lipinski definition) is 1. The molecule has 4 rings (SSSR count). The molecule has 1 fully saturated rings. The van der Waals surface area contributed by atoms with Gasteiger partial charge >= 0.3 is 5.97 Å². The topological polar surface area (TPSA) is 55.4 Å². The van der Waals surface area contributed by atoms with E-state index in [4.69, 9.17) is 4.74 Å². The number of ketones is 1. The third kappa shape index (κ3) is 4.16. The summed E-state index contributed by atoms with van der Waals surface area (Å²) in [6.45, 7) is 6.18. The molecule has 5 heteroatoms. The zero-order valence-corrected chi connectivity index (χ0v) is 19.5. The van der Waals surface area contributed by atoms with E-state index in [1.165, 1.54) is 0 Å². The molecule has 0 aromatic heterocycles. The molecule has 154 valence electrons. The van der Waals surface area contributed by atoms with Crippen molar-refractivity contribution >= 4 is 34.3 Å². The number of carbonyl (C=O) groups is 2. The van der Waals surface area contributed by atoms with E-state index in [-0.39, 0.29) is 29.2 Å². The van der Waals surface area contributed by atoms with E-state index in [0.29, 0.717) is 12.0 Å². The van der Waals surface area contributed by atoms with Gasteiger partial charge in [-0.05, 0) is 84.7 Å². The number of benzene rings is 1. The van der Waals surface area contributed by atoms with Crippen molar-refractivity contribution in [2.24, 2.45) is 5.41 Å². The number of carbonyl (C=O) groups excluding carboxylic acids is 2. The first-order valence-corrected chi connectivity index (χ1v) is 11.5. The van der Waals surface area contributed by atoms with Gasteiger partial charge in [-0.3, -0.25) is 4.79 Å². The molecule has 1 saturated carbocycles. The lowest BCUT2D eigenvalue weighted by Crippen LogP contribution is -2.39.